The molecular formula is C6H5Si+. The predicted molar refractivity (Wildman–Crippen MR) is 31.8 cm³/mol. The zero-order valence-corrected chi connectivity index (χ0v) is 4.89. The number of benzene rings is 1. The van der Waals surface area contributed by atoms with Gasteiger partial charge in [0.15, 0.2) is 5.19 Å². The lowest BCUT2D eigenvalue weighted by Crippen LogP contribution is -1.97. The van der Waals surface area contributed by atoms with Crippen molar-refractivity contribution < 1.29 is 0 Å². The van der Waals surface area contributed by atoms with Gasteiger partial charge in [-0.25, -0.2) is 0 Å². The minimum atomic E-state index is 1.13. The summed E-state index contributed by atoms with van der Waals surface area (Å²) in [4.78, 5) is 0. The Kier molecular flexibility index (Phi) is 1.27. The summed E-state index contributed by atoms with van der Waals surface area (Å²) in [7, 11) is 3.36. The lowest BCUT2D eigenvalue weighted by molar-refractivity contribution is 1.78. The summed E-state index contributed by atoms with van der Waals surface area (Å²) in [6.45, 7) is 0. The quantitative estimate of drug-likeness (QED) is 0.421. The van der Waals surface area contributed by atoms with Crippen LogP contribution in [0.2, 0.25) is 0 Å². The topological polar surface area (TPSA) is 0 Å². The van der Waals surface area contributed by atoms with Crippen LogP contribution in [0.1, 0.15) is 0 Å². The van der Waals surface area contributed by atoms with E-state index >= 15 is 0 Å². The molecule has 0 N–H and O–H groups in total. The summed E-state index contributed by atoms with van der Waals surface area (Å²) in [5.74, 6) is 0. The largest absolute Gasteiger partial charge is 0.754 e. The van der Waals surface area contributed by atoms with Crippen molar-refractivity contribution in [2.45, 2.75) is 0 Å². The van der Waals surface area contributed by atoms with Crippen molar-refractivity contribution in [1.82, 2.24) is 0 Å². The normalized spacial score (nSPS) is 8.57. The van der Waals surface area contributed by atoms with Gasteiger partial charge in [-0.3, -0.25) is 0 Å². The van der Waals surface area contributed by atoms with Crippen molar-refractivity contribution in [2.24, 2.45) is 0 Å². The highest BCUT2D eigenvalue weighted by atomic mass is 28.1. The molecule has 32 valence electrons. The van der Waals surface area contributed by atoms with Gasteiger partial charge < -0.3 is 0 Å². The van der Waals surface area contributed by atoms with E-state index in [0.717, 1.165) is 5.19 Å². The van der Waals surface area contributed by atoms with E-state index in [1.54, 1.807) is 0 Å². The Morgan fingerprint density at radius 3 is 1.86 bits per heavy atom. The number of hydrogen-bond acceptors (Lipinski definition) is 0. The average molecular weight is 105 g/mol. The molecule has 0 aliphatic carbocycles. The molecule has 1 heteroatoms. The Labute approximate surface area is 46.6 Å². The third kappa shape index (κ3) is 1.16. The lowest BCUT2D eigenvalue weighted by Gasteiger charge is -1.72. The highest BCUT2D eigenvalue weighted by Gasteiger charge is 1.93. The zero-order valence-electron chi connectivity index (χ0n) is 3.89. The lowest BCUT2D eigenvalue weighted by atomic mass is 10.4. The molecule has 0 amide bonds. The van der Waals surface area contributed by atoms with Crippen LogP contribution < -0.4 is 5.19 Å². The van der Waals surface area contributed by atoms with Crippen LogP contribution in [0.3, 0.4) is 0 Å². The molecule has 0 heterocycles. The van der Waals surface area contributed by atoms with Crippen molar-refractivity contribution >= 4 is 15.4 Å². The van der Waals surface area contributed by atoms with Crippen LogP contribution in [-0.2, 0) is 0 Å². The fourth-order valence-corrected chi connectivity index (χ4v) is 0.631. The van der Waals surface area contributed by atoms with Gasteiger partial charge in [-0.1, -0.05) is 18.2 Å². The van der Waals surface area contributed by atoms with Gasteiger partial charge in [-0.2, -0.15) is 0 Å². The Hall–Kier alpha value is -0.563. The molecule has 0 fully saturated rings. The molecule has 0 saturated carbocycles. The average Bonchev–Trinajstić information content (AvgIpc) is 1.69. The van der Waals surface area contributed by atoms with Crippen LogP contribution in [0, 0.1) is 0 Å². The molecule has 1 aromatic carbocycles. The molecule has 1 aromatic rings. The van der Waals surface area contributed by atoms with Crippen LogP contribution in [0.15, 0.2) is 30.3 Å². The molecule has 0 spiro atoms. The van der Waals surface area contributed by atoms with Gasteiger partial charge in [-0.15, -0.1) is 0 Å². The monoisotopic (exact) mass is 105 g/mol. The minimum absolute atomic E-state index is 1.13. The standard InChI is InChI=1S/C6H5Si/c7-6-4-2-1-3-5-6/h1-5H/q+1. The van der Waals surface area contributed by atoms with Gasteiger partial charge in [0.05, 0.1) is 0 Å². The molecule has 0 aliphatic heterocycles. The fourth-order valence-electron chi connectivity index (χ4n) is 0.438. The maximum absolute atomic E-state index is 3.36. The fraction of sp³-hybridized carbons (Fsp3) is 0. The van der Waals surface area contributed by atoms with Gasteiger partial charge in [0.1, 0.15) is 0 Å². The Morgan fingerprint density at radius 2 is 1.57 bits per heavy atom. The van der Waals surface area contributed by atoms with E-state index in [0.29, 0.717) is 0 Å². The number of hydrogen-bond donors (Lipinski definition) is 0. The molecule has 1 rings (SSSR count). The summed E-state index contributed by atoms with van der Waals surface area (Å²) >= 11 is 0. The zero-order chi connectivity index (χ0) is 5.11. The highest BCUT2D eigenvalue weighted by Crippen LogP contribution is 1.76. The first kappa shape index (κ1) is 4.59. The molecular weight excluding hydrogens is 100 g/mol. The van der Waals surface area contributed by atoms with Gasteiger partial charge in [-0.05, 0) is 12.1 Å². The maximum Gasteiger partial charge on any atom is 0.754 e. The van der Waals surface area contributed by atoms with E-state index in [-0.39, 0.29) is 0 Å². The molecule has 0 unspecified atom stereocenters. The molecule has 0 aliphatic rings. The minimum Gasteiger partial charge on any atom is -0.0620 e. The summed E-state index contributed by atoms with van der Waals surface area (Å²) < 4.78 is 0. The van der Waals surface area contributed by atoms with Crippen LogP contribution in [0.25, 0.3) is 0 Å². The Balaban J connectivity index is 3.02. The van der Waals surface area contributed by atoms with Crippen LogP contribution in [-0.4, -0.2) is 10.2 Å². The Bertz CT molecular complexity index is 134. The van der Waals surface area contributed by atoms with E-state index in [4.69, 9.17) is 0 Å². The molecule has 0 saturated heterocycles. The molecule has 2 radical (unpaired) electrons. The summed E-state index contributed by atoms with van der Waals surface area (Å²) in [5.41, 5.74) is 0. The SMILES string of the molecule is [Si+]c1ccccc1. The smallest absolute Gasteiger partial charge is 0.0620 e. The first-order valence-electron chi connectivity index (χ1n) is 2.16. The third-order valence-corrected chi connectivity index (χ3v) is 1.11. The summed E-state index contributed by atoms with van der Waals surface area (Å²) in [6.07, 6.45) is 0. The van der Waals surface area contributed by atoms with E-state index in [1.807, 2.05) is 30.3 Å². The second kappa shape index (κ2) is 1.94. The molecule has 0 bridgehead atoms. The Morgan fingerprint density at radius 1 is 1.00 bits per heavy atom. The van der Waals surface area contributed by atoms with E-state index in [1.165, 1.54) is 0 Å². The van der Waals surface area contributed by atoms with Crippen molar-refractivity contribution in [3.8, 4) is 0 Å². The second-order valence-corrected chi connectivity index (χ2v) is 1.94. The first-order chi connectivity index (χ1) is 3.39. The highest BCUT2D eigenvalue weighted by molar-refractivity contribution is 6.32. The van der Waals surface area contributed by atoms with Gasteiger partial charge in [0, 0.05) is 0 Å². The van der Waals surface area contributed by atoms with E-state index < -0.39 is 0 Å². The van der Waals surface area contributed by atoms with E-state index in [2.05, 4.69) is 10.2 Å². The predicted octanol–water partition coefficient (Wildman–Crippen LogP) is 0.480. The maximum atomic E-state index is 3.36. The van der Waals surface area contributed by atoms with Crippen molar-refractivity contribution in [2.75, 3.05) is 0 Å². The molecule has 0 atom stereocenters. The van der Waals surface area contributed by atoms with Crippen molar-refractivity contribution in [3.05, 3.63) is 30.3 Å². The molecule has 7 heavy (non-hydrogen) atoms. The van der Waals surface area contributed by atoms with Gasteiger partial charge in [0.25, 0.3) is 0 Å². The molecule has 0 nitrogen and oxygen atoms in total. The van der Waals surface area contributed by atoms with Crippen LogP contribution in [0.4, 0.5) is 0 Å². The first-order valence-corrected chi connectivity index (χ1v) is 2.66. The summed E-state index contributed by atoms with van der Waals surface area (Å²) in [5, 5.41) is 1.13. The van der Waals surface area contributed by atoms with Gasteiger partial charge >= 0.3 is 10.2 Å². The summed E-state index contributed by atoms with van der Waals surface area (Å²) in [6, 6.07) is 9.96. The number of rotatable bonds is 0. The second-order valence-electron chi connectivity index (χ2n) is 1.37. The van der Waals surface area contributed by atoms with E-state index in [9.17, 15) is 0 Å². The van der Waals surface area contributed by atoms with Gasteiger partial charge in [0.2, 0.25) is 0 Å². The van der Waals surface area contributed by atoms with Crippen molar-refractivity contribution in [1.29, 1.82) is 0 Å². The van der Waals surface area contributed by atoms with Crippen LogP contribution >= 0.6 is 0 Å². The van der Waals surface area contributed by atoms with Crippen LogP contribution in [0.5, 0.6) is 0 Å². The van der Waals surface area contributed by atoms with Crippen molar-refractivity contribution in [3.63, 3.8) is 0 Å². The molecule has 0 aromatic heterocycles. The third-order valence-electron chi connectivity index (χ3n) is 0.774.